The van der Waals surface area contributed by atoms with Gasteiger partial charge in [-0.3, -0.25) is 19.4 Å². The molecule has 2 aliphatic rings. The van der Waals surface area contributed by atoms with Gasteiger partial charge < -0.3 is 10.2 Å². The highest BCUT2D eigenvalue weighted by Gasteiger charge is 2.35. The summed E-state index contributed by atoms with van der Waals surface area (Å²) in [5.41, 5.74) is 2.44. The molecular weight excluding hydrogens is 495 g/mol. The van der Waals surface area contributed by atoms with Gasteiger partial charge in [-0.15, -0.1) is 0 Å². The van der Waals surface area contributed by atoms with Crippen molar-refractivity contribution in [3.05, 3.63) is 69.7 Å². The van der Waals surface area contributed by atoms with Gasteiger partial charge in [0.05, 0.1) is 16.6 Å². The number of piperazine rings is 1. The number of carbonyl (C=O) groups excluding carboxylic acids is 2. The molecule has 0 saturated carbocycles. The Labute approximate surface area is 224 Å². The fourth-order valence-corrected chi connectivity index (χ4v) is 5.61. The lowest BCUT2D eigenvalue weighted by Gasteiger charge is -2.42. The number of piperidine rings is 1. The van der Waals surface area contributed by atoms with Crippen LogP contribution < -0.4 is 5.32 Å². The first-order chi connectivity index (χ1) is 17.3. The minimum absolute atomic E-state index is 0.0344. The smallest absolute Gasteiger partial charge is 0.234 e. The Morgan fingerprint density at radius 1 is 0.861 bits per heavy atom. The number of hydrogen-bond acceptors (Lipinski definition) is 4. The van der Waals surface area contributed by atoms with E-state index in [4.69, 9.17) is 23.2 Å². The van der Waals surface area contributed by atoms with Gasteiger partial charge in [0.1, 0.15) is 0 Å². The number of rotatable bonds is 8. The van der Waals surface area contributed by atoms with Crippen molar-refractivity contribution in [2.24, 2.45) is 5.41 Å². The van der Waals surface area contributed by atoms with Crippen molar-refractivity contribution in [1.29, 1.82) is 0 Å². The molecule has 2 fully saturated rings. The van der Waals surface area contributed by atoms with Crippen LogP contribution in [0.2, 0.25) is 10.0 Å². The van der Waals surface area contributed by atoms with Crippen molar-refractivity contribution in [2.45, 2.75) is 32.7 Å². The van der Waals surface area contributed by atoms with Gasteiger partial charge in [0.15, 0.2) is 0 Å². The Morgan fingerprint density at radius 3 is 2.19 bits per heavy atom. The molecule has 6 nitrogen and oxygen atoms in total. The molecule has 2 heterocycles. The summed E-state index contributed by atoms with van der Waals surface area (Å²) < 4.78 is 0. The van der Waals surface area contributed by atoms with E-state index in [9.17, 15) is 9.59 Å². The van der Waals surface area contributed by atoms with Crippen LogP contribution in [0, 0.1) is 5.41 Å². The molecular formula is C28H36Cl2N4O2. The molecule has 2 aromatic carbocycles. The maximum absolute atomic E-state index is 12.9. The van der Waals surface area contributed by atoms with Gasteiger partial charge >= 0.3 is 0 Å². The second kappa shape index (κ2) is 12.4. The van der Waals surface area contributed by atoms with Gasteiger partial charge in [-0.05, 0) is 61.0 Å². The number of nitrogens with zero attached hydrogens (tertiary/aromatic N) is 3. The number of halogens is 2. The molecule has 0 radical (unpaired) electrons. The summed E-state index contributed by atoms with van der Waals surface area (Å²) in [6.45, 7) is 8.35. The monoisotopic (exact) mass is 530 g/mol. The highest BCUT2D eigenvalue weighted by atomic mass is 35.5. The molecule has 0 aliphatic carbocycles. The molecule has 8 heteroatoms. The first kappa shape index (κ1) is 26.9. The third-order valence-electron chi connectivity index (χ3n) is 7.57. The van der Waals surface area contributed by atoms with E-state index in [2.05, 4.69) is 39.4 Å². The second-order valence-corrected chi connectivity index (χ2v) is 11.1. The molecule has 2 saturated heterocycles. The van der Waals surface area contributed by atoms with Crippen LogP contribution in [0.25, 0.3) is 0 Å². The van der Waals surface area contributed by atoms with Crippen LogP contribution in [0.15, 0.2) is 48.5 Å². The molecule has 194 valence electrons. The fraction of sp³-hybridized carbons (Fsp3) is 0.500. The minimum atomic E-state index is -0.0344. The summed E-state index contributed by atoms with van der Waals surface area (Å²) in [5.74, 6) is 0.147. The Morgan fingerprint density at radius 2 is 1.56 bits per heavy atom. The molecule has 0 bridgehead atoms. The summed E-state index contributed by atoms with van der Waals surface area (Å²) in [6.07, 6.45) is 2.84. The van der Waals surface area contributed by atoms with Gasteiger partial charge in [0.25, 0.3) is 0 Å². The number of amides is 2. The molecule has 4 rings (SSSR count). The third kappa shape index (κ3) is 7.45. The van der Waals surface area contributed by atoms with E-state index in [0.717, 1.165) is 57.5 Å². The topological polar surface area (TPSA) is 55.9 Å². The highest BCUT2D eigenvalue weighted by molar-refractivity contribution is 6.42. The number of nitrogens with one attached hydrogen (secondary N) is 1. The van der Waals surface area contributed by atoms with Gasteiger partial charge in [0.2, 0.25) is 11.8 Å². The quantitative estimate of drug-likeness (QED) is 0.558. The van der Waals surface area contributed by atoms with Crippen LogP contribution in [0.5, 0.6) is 0 Å². The van der Waals surface area contributed by atoms with Crippen molar-refractivity contribution in [3.8, 4) is 0 Å². The first-order valence-corrected chi connectivity index (χ1v) is 13.5. The number of hydrogen-bond donors (Lipinski definition) is 1. The maximum Gasteiger partial charge on any atom is 0.234 e. The number of carbonyl (C=O) groups is 2. The maximum atomic E-state index is 12.9. The summed E-state index contributed by atoms with van der Waals surface area (Å²) in [5, 5.41) is 4.38. The van der Waals surface area contributed by atoms with Crippen LogP contribution in [0.3, 0.4) is 0 Å². The lowest BCUT2D eigenvalue weighted by atomic mass is 9.73. The summed E-state index contributed by atoms with van der Waals surface area (Å²) in [4.78, 5) is 30.9. The number of benzene rings is 2. The second-order valence-electron chi connectivity index (χ2n) is 10.2. The van der Waals surface area contributed by atoms with Crippen LogP contribution >= 0.6 is 23.2 Å². The van der Waals surface area contributed by atoms with Crippen LogP contribution in [-0.2, 0) is 22.6 Å². The summed E-state index contributed by atoms with van der Waals surface area (Å²) in [6, 6.07) is 16.4. The van der Waals surface area contributed by atoms with E-state index in [1.165, 1.54) is 5.56 Å². The largest absolute Gasteiger partial charge is 0.354 e. The van der Waals surface area contributed by atoms with E-state index in [1.54, 1.807) is 6.92 Å². The Kier molecular flexibility index (Phi) is 9.29. The molecule has 2 aliphatic heterocycles. The Balaban J connectivity index is 1.36. The van der Waals surface area contributed by atoms with Gasteiger partial charge in [-0.2, -0.15) is 0 Å². The fourth-order valence-electron chi connectivity index (χ4n) is 5.29. The van der Waals surface area contributed by atoms with Crippen LogP contribution in [0.1, 0.15) is 30.9 Å². The molecule has 0 unspecified atom stereocenters. The zero-order valence-electron chi connectivity index (χ0n) is 21.0. The normalized spacial score (nSPS) is 18.7. The van der Waals surface area contributed by atoms with Gasteiger partial charge in [-0.25, -0.2) is 0 Å². The van der Waals surface area contributed by atoms with E-state index >= 15 is 0 Å². The van der Waals surface area contributed by atoms with Crippen molar-refractivity contribution < 1.29 is 9.59 Å². The zero-order valence-corrected chi connectivity index (χ0v) is 22.5. The van der Waals surface area contributed by atoms with Gasteiger partial charge in [-0.1, -0.05) is 59.6 Å². The van der Waals surface area contributed by atoms with Crippen molar-refractivity contribution in [2.75, 3.05) is 52.4 Å². The molecule has 36 heavy (non-hydrogen) atoms. The standard InChI is InChI=1S/C28H36Cl2N4O2/c1-22(35)34-15-13-33(14-16-34)20-27(36)31-21-28(18-24-7-8-25(29)26(30)17-24)9-11-32(12-10-28)19-23-5-3-2-4-6-23/h2-8,17H,9-16,18-21H2,1H3,(H,31,36). The van der Waals surface area contributed by atoms with E-state index in [1.807, 2.05) is 29.2 Å². The lowest BCUT2D eigenvalue weighted by Crippen LogP contribution is -2.52. The minimum Gasteiger partial charge on any atom is -0.354 e. The van der Waals surface area contributed by atoms with Gasteiger partial charge in [0, 0.05) is 46.2 Å². The average molecular weight is 532 g/mol. The third-order valence-corrected chi connectivity index (χ3v) is 8.31. The molecule has 0 aromatic heterocycles. The molecule has 0 atom stereocenters. The van der Waals surface area contributed by atoms with Crippen LogP contribution in [-0.4, -0.2) is 78.9 Å². The van der Waals surface area contributed by atoms with Crippen LogP contribution in [0.4, 0.5) is 0 Å². The molecule has 1 N–H and O–H groups in total. The Hall–Kier alpha value is -2.12. The van der Waals surface area contributed by atoms with Crippen molar-refractivity contribution >= 4 is 35.0 Å². The van der Waals surface area contributed by atoms with E-state index in [0.29, 0.717) is 36.2 Å². The summed E-state index contributed by atoms with van der Waals surface area (Å²) in [7, 11) is 0. The SMILES string of the molecule is CC(=O)N1CCN(CC(=O)NCC2(Cc3ccc(Cl)c(Cl)c3)CCN(Cc3ccccc3)CC2)CC1. The highest BCUT2D eigenvalue weighted by Crippen LogP contribution is 2.36. The lowest BCUT2D eigenvalue weighted by molar-refractivity contribution is -0.131. The van der Waals surface area contributed by atoms with E-state index in [-0.39, 0.29) is 17.2 Å². The van der Waals surface area contributed by atoms with Crippen molar-refractivity contribution in [3.63, 3.8) is 0 Å². The molecule has 2 amide bonds. The Bertz CT molecular complexity index is 1030. The predicted octanol–water partition coefficient (Wildman–Crippen LogP) is 4.10. The molecule has 2 aromatic rings. The van der Waals surface area contributed by atoms with E-state index < -0.39 is 0 Å². The van der Waals surface area contributed by atoms with Crippen molar-refractivity contribution in [1.82, 2.24) is 20.0 Å². The predicted molar refractivity (Wildman–Crippen MR) is 145 cm³/mol. The molecule has 0 spiro atoms. The zero-order chi connectivity index (χ0) is 25.5. The first-order valence-electron chi connectivity index (χ1n) is 12.8. The number of likely N-dealkylation sites (tertiary alicyclic amines) is 1. The average Bonchev–Trinajstić information content (AvgIpc) is 2.87. The summed E-state index contributed by atoms with van der Waals surface area (Å²) >= 11 is 12.5.